The van der Waals surface area contributed by atoms with Crippen LogP contribution in [0.25, 0.3) is 0 Å². The lowest BCUT2D eigenvalue weighted by atomic mass is 10.1. The van der Waals surface area contributed by atoms with Gasteiger partial charge >= 0.3 is 0 Å². The van der Waals surface area contributed by atoms with Gasteiger partial charge in [-0.05, 0) is 30.5 Å². The van der Waals surface area contributed by atoms with Crippen LogP contribution in [0.1, 0.15) is 42.6 Å². The molecule has 1 aliphatic heterocycles. The van der Waals surface area contributed by atoms with Gasteiger partial charge in [-0.3, -0.25) is 9.59 Å². The first-order chi connectivity index (χ1) is 10.9. The van der Waals surface area contributed by atoms with Crippen LogP contribution in [0.3, 0.4) is 0 Å². The van der Waals surface area contributed by atoms with Crippen LogP contribution < -0.4 is 5.73 Å². The van der Waals surface area contributed by atoms with E-state index in [9.17, 15) is 9.59 Å². The number of hydrogen-bond acceptors (Lipinski definition) is 3. The van der Waals surface area contributed by atoms with Crippen molar-refractivity contribution in [2.24, 2.45) is 11.7 Å². The molecule has 2 amide bonds. The Bertz CT molecular complexity index is 560. The summed E-state index contributed by atoms with van der Waals surface area (Å²) in [5.41, 5.74) is 7.45. The maximum Gasteiger partial charge on any atom is 0.254 e. The van der Waals surface area contributed by atoms with Crippen LogP contribution in [-0.2, 0) is 11.3 Å². The Morgan fingerprint density at radius 1 is 1.29 bits per heavy atom. The molecule has 0 spiro atoms. The summed E-state index contributed by atoms with van der Waals surface area (Å²) >= 11 is 0. The van der Waals surface area contributed by atoms with Crippen molar-refractivity contribution in [2.75, 3.05) is 20.1 Å². The van der Waals surface area contributed by atoms with E-state index in [1.54, 1.807) is 11.9 Å². The summed E-state index contributed by atoms with van der Waals surface area (Å²) in [5, 5.41) is 0. The topological polar surface area (TPSA) is 66.6 Å². The fourth-order valence-electron chi connectivity index (χ4n) is 3.06. The fraction of sp³-hybridized carbons (Fsp3) is 0.556. The highest BCUT2D eigenvalue weighted by Gasteiger charge is 2.28. The number of rotatable bonds is 5. The van der Waals surface area contributed by atoms with E-state index in [1.165, 1.54) is 0 Å². The molecule has 0 bridgehead atoms. The molecule has 134 valence electrons. The van der Waals surface area contributed by atoms with Crippen LogP contribution in [0.15, 0.2) is 24.3 Å². The van der Waals surface area contributed by atoms with Crippen molar-refractivity contribution in [1.29, 1.82) is 0 Å². The van der Waals surface area contributed by atoms with Gasteiger partial charge in [-0.25, -0.2) is 0 Å². The zero-order chi connectivity index (χ0) is 17.0. The van der Waals surface area contributed by atoms with Crippen molar-refractivity contribution in [1.82, 2.24) is 9.80 Å². The summed E-state index contributed by atoms with van der Waals surface area (Å²) in [6, 6.07) is 7.70. The molecule has 0 saturated carbocycles. The third kappa shape index (κ3) is 4.71. The highest BCUT2D eigenvalue weighted by molar-refractivity contribution is 5.94. The van der Waals surface area contributed by atoms with Crippen LogP contribution in [0.5, 0.6) is 0 Å². The van der Waals surface area contributed by atoms with Crippen LogP contribution in [0, 0.1) is 5.92 Å². The monoisotopic (exact) mass is 353 g/mol. The van der Waals surface area contributed by atoms with Gasteiger partial charge in [0.2, 0.25) is 5.91 Å². The Kier molecular flexibility index (Phi) is 7.70. The molecule has 5 nitrogen and oxygen atoms in total. The number of nitrogens with zero attached hydrogens (tertiary/aromatic N) is 2. The maximum absolute atomic E-state index is 12.6. The molecule has 1 fully saturated rings. The van der Waals surface area contributed by atoms with E-state index in [-0.39, 0.29) is 36.2 Å². The molecular weight excluding hydrogens is 326 g/mol. The zero-order valence-electron chi connectivity index (χ0n) is 14.7. The van der Waals surface area contributed by atoms with E-state index < -0.39 is 0 Å². The molecule has 1 aliphatic rings. The average Bonchev–Trinajstić information content (AvgIpc) is 3.02. The first-order valence-corrected chi connectivity index (χ1v) is 8.29. The Morgan fingerprint density at radius 2 is 1.92 bits per heavy atom. The van der Waals surface area contributed by atoms with Gasteiger partial charge < -0.3 is 15.5 Å². The number of carbonyl (C=O) groups is 2. The fourth-order valence-corrected chi connectivity index (χ4v) is 3.06. The Hall–Kier alpha value is -1.59. The minimum absolute atomic E-state index is 0. The molecular formula is C18H28ClN3O2. The molecule has 0 radical (unpaired) electrons. The van der Waals surface area contributed by atoms with Gasteiger partial charge in [0.05, 0.1) is 0 Å². The molecule has 1 atom stereocenters. The second-order valence-corrected chi connectivity index (χ2v) is 6.58. The summed E-state index contributed by atoms with van der Waals surface area (Å²) in [4.78, 5) is 28.1. The number of likely N-dealkylation sites (tertiary alicyclic amines) is 1. The zero-order valence-corrected chi connectivity index (χ0v) is 15.5. The minimum Gasteiger partial charge on any atom is -0.341 e. The molecule has 6 heteroatoms. The number of nitrogens with two attached hydrogens (primary N) is 1. The van der Waals surface area contributed by atoms with Crippen molar-refractivity contribution < 1.29 is 9.59 Å². The van der Waals surface area contributed by atoms with Gasteiger partial charge in [0.25, 0.3) is 5.91 Å². The standard InChI is InChI=1S/C18H27N3O2.ClH/c1-13(2)17(22)20(3)12-14-6-8-15(9-7-14)18(23)21-10-4-5-16(21)11-19;/h6-9,13,16H,4-5,10-12,19H2,1-3H3;1H. The number of carbonyl (C=O) groups excluding carboxylic acids is 2. The number of hydrogen-bond donors (Lipinski definition) is 1. The molecule has 2 rings (SSSR count). The summed E-state index contributed by atoms with van der Waals surface area (Å²) < 4.78 is 0. The lowest BCUT2D eigenvalue weighted by Gasteiger charge is -2.24. The lowest BCUT2D eigenvalue weighted by Crippen LogP contribution is -2.39. The van der Waals surface area contributed by atoms with E-state index in [0.717, 1.165) is 24.9 Å². The third-order valence-corrected chi connectivity index (χ3v) is 4.40. The third-order valence-electron chi connectivity index (χ3n) is 4.40. The minimum atomic E-state index is -0.00999. The second-order valence-electron chi connectivity index (χ2n) is 6.58. The van der Waals surface area contributed by atoms with Crippen molar-refractivity contribution >= 4 is 24.2 Å². The molecule has 1 aromatic carbocycles. The van der Waals surface area contributed by atoms with Crippen molar-refractivity contribution in [3.8, 4) is 0 Å². The van der Waals surface area contributed by atoms with Gasteiger partial charge in [0.15, 0.2) is 0 Å². The summed E-state index contributed by atoms with van der Waals surface area (Å²) in [5.74, 6) is 0.160. The van der Waals surface area contributed by atoms with Gasteiger partial charge in [-0.15, -0.1) is 12.4 Å². The smallest absolute Gasteiger partial charge is 0.254 e. The molecule has 1 saturated heterocycles. The Labute approximate surface area is 150 Å². The molecule has 2 N–H and O–H groups in total. The molecule has 24 heavy (non-hydrogen) atoms. The highest BCUT2D eigenvalue weighted by Crippen LogP contribution is 2.19. The van der Waals surface area contributed by atoms with E-state index in [1.807, 2.05) is 43.0 Å². The van der Waals surface area contributed by atoms with Crippen molar-refractivity contribution in [3.63, 3.8) is 0 Å². The Balaban J connectivity index is 0.00000288. The molecule has 1 heterocycles. The van der Waals surface area contributed by atoms with Crippen LogP contribution in [0.2, 0.25) is 0 Å². The van der Waals surface area contributed by atoms with Crippen LogP contribution in [-0.4, -0.2) is 47.8 Å². The number of benzene rings is 1. The van der Waals surface area contributed by atoms with E-state index in [0.29, 0.717) is 18.7 Å². The van der Waals surface area contributed by atoms with E-state index in [2.05, 4.69) is 0 Å². The molecule has 1 unspecified atom stereocenters. The van der Waals surface area contributed by atoms with Gasteiger partial charge in [-0.1, -0.05) is 26.0 Å². The first kappa shape index (κ1) is 20.5. The SMILES string of the molecule is CC(C)C(=O)N(C)Cc1ccc(C(=O)N2CCCC2CN)cc1.Cl. The Morgan fingerprint density at radius 3 is 2.46 bits per heavy atom. The number of halogens is 1. The lowest BCUT2D eigenvalue weighted by molar-refractivity contribution is -0.133. The summed E-state index contributed by atoms with van der Waals surface area (Å²) in [7, 11) is 1.80. The van der Waals surface area contributed by atoms with Crippen molar-refractivity contribution in [3.05, 3.63) is 35.4 Å². The molecule has 0 aliphatic carbocycles. The highest BCUT2D eigenvalue weighted by atomic mass is 35.5. The average molecular weight is 354 g/mol. The second kappa shape index (κ2) is 9.04. The van der Waals surface area contributed by atoms with Crippen molar-refractivity contribution in [2.45, 2.75) is 39.3 Å². The van der Waals surface area contributed by atoms with Gasteiger partial charge in [0.1, 0.15) is 0 Å². The van der Waals surface area contributed by atoms with E-state index >= 15 is 0 Å². The van der Waals surface area contributed by atoms with Crippen LogP contribution in [0.4, 0.5) is 0 Å². The van der Waals surface area contributed by atoms with Crippen LogP contribution >= 0.6 is 12.4 Å². The van der Waals surface area contributed by atoms with E-state index in [4.69, 9.17) is 5.73 Å². The summed E-state index contributed by atoms with van der Waals surface area (Å²) in [6.45, 7) is 5.65. The normalized spacial score (nSPS) is 16.9. The van der Waals surface area contributed by atoms with Gasteiger partial charge in [-0.2, -0.15) is 0 Å². The predicted octanol–water partition coefficient (Wildman–Crippen LogP) is 2.29. The largest absolute Gasteiger partial charge is 0.341 e. The molecule has 0 aromatic heterocycles. The summed E-state index contributed by atoms with van der Waals surface area (Å²) in [6.07, 6.45) is 2.01. The molecule has 1 aromatic rings. The quantitative estimate of drug-likeness (QED) is 0.883. The predicted molar refractivity (Wildman–Crippen MR) is 98.1 cm³/mol. The first-order valence-electron chi connectivity index (χ1n) is 8.29. The van der Waals surface area contributed by atoms with Gasteiger partial charge in [0, 0.05) is 44.2 Å². The number of amides is 2. The maximum atomic E-state index is 12.6.